The van der Waals surface area contributed by atoms with E-state index >= 15 is 0 Å². The van der Waals surface area contributed by atoms with Crippen LogP contribution in [0.3, 0.4) is 0 Å². The van der Waals surface area contributed by atoms with Crippen molar-refractivity contribution in [3.8, 4) is 0 Å². The monoisotopic (exact) mass is 283 g/mol. The van der Waals surface area contributed by atoms with E-state index in [1.54, 1.807) is 6.26 Å². The summed E-state index contributed by atoms with van der Waals surface area (Å²) in [5, 5.41) is 4.78. The smallest absolute Gasteiger partial charge is 0.105 e. The van der Waals surface area contributed by atoms with Crippen LogP contribution in [0, 0.1) is 0 Å². The zero-order chi connectivity index (χ0) is 13.0. The Balaban J connectivity index is 1.91. The van der Waals surface area contributed by atoms with Crippen LogP contribution >= 0.6 is 23.2 Å². The predicted octanol–water partition coefficient (Wildman–Crippen LogP) is 4.31. The van der Waals surface area contributed by atoms with E-state index < -0.39 is 0 Å². The number of rotatable bonds is 5. The SMILES string of the molecule is CC(Cc1ccco1)NCc1c(Cl)cccc1Cl. The maximum absolute atomic E-state index is 6.11. The molecule has 1 atom stereocenters. The molecule has 0 fully saturated rings. The summed E-state index contributed by atoms with van der Waals surface area (Å²) in [7, 11) is 0. The zero-order valence-corrected chi connectivity index (χ0v) is 11.6. The Kier molecular flexibility index (Phi) is 4.70. The predicted molar refractivity (Wildman–Crippen MR) is 75.2 cm³/mol. The second-order valence-electron chi connectivity index (χ2n) is 4.27. The highest BCUT2D eigenvalue weighted by Gasteiger charge is 2.09. The summed E-state index contributed by atoms with van der Waals surface area (Å²) in [6.45, 7) is 2.76. The van der Waals surface area contributed by atoms with E-state index in [2.05, 4.69) is 12.2 Å². The number of hydrogen-bond donors (Lipinski definition) is 1. The highest BCUT2D eigenvalue weighted by molar-refractivity contribution is 6.35. The normalized spacial score (nSPS) is 12.6. The Labute approximate surface area is 117 Å². The molecule has 2 nitrogen and oxygen atoms in total. The first-order valence-electron chi connectivity index (χ1n) is 5.85. The molecular weight excluding hydrogens is 269 g/mol. The average Bonchev–Trinajstić information content (AvgIpc) is 2.81. The van der Waals surface area contributed by atoms with Gasteiger partial charge in [-0.25, -0.2) is 0 Å². The molecule has 0 aliphatic heterocycles. The minimum atomic E-state index is 0.295. The summed E-state index contributed by atoms with van der Waals surface area (Å²) in [6, 6.07) is 9.71. The molecule has 1 aromatic carbocycles. The fourth-order valence-electron chi connectivity index (χ4n) is 1.78. The molecule has 0 saturated carbocycles. The Bertz CT molecular complexity index is 476. The topological polar surface area (TPSA) is 25.2 Å². The highest BCUT2D eigenvalue weighted by Crippen LogP contribution is 2.24. The first-order valence-corrected chi connectivity index (χ1v) is 6.61. The lowest BCUT2D eigenvalue weighted by Crippen LogP contribution is -2.27. The lowest BCUT2D eigenvalue weighted by Gasteiger charge is -2.14. The molecule has 1 aromatic heterocycles. The summed E-state index contributed by atoms with van der Waals surface area (Å²) in [4.78, 5) is 0. The molecule has 0 aliphatic carbocycles. The van der Waals surface area contributed by atoms with Gasteiger partial charge in [0.2, 0.25) is 0 Å². The molecule has 0 bridgehead atoms. The number of hydrogen-bond acceptors (Lipinski definition) is 2. The lowest BCUT2D eigenvalue weighted by molar-refractivity contribution is 0.456. The average molecular weight is 284 g/mol. The van der Waals surface area contributed by atoms with Crippen LogP contribution < -0.4 is 5.32 Å². The quantitative estimate of drug-likeness (QED) is 0.885. The second-order valence-corrected chi connectivity index (χ2v) is 5.08. The van der Waals surface area contributed by atoms with Gasteiger partial charge in [-0.1, -0.05) is 29.3 Å². The van der Waals surface area contributed by atoms with Gasteiger partial charge in [0.15, 0.2) is 0 Å². The van der Waals surface area contributed by atoms with Gasteiger partial charge in [-0.15, -0.1) is 0 Å². The van der Waals surface area contributed by atoms with Crippen molar-refractivity contribution in [3.63, 3.8) is 0 Å². The molecular formula is C14H15Cl2NO. The third kappa shape index (κ3) is 3.52. The third-order valence-corrected chi connectivity index (χ3v) is 3.48. The first kappa shape index (κ1) is 13.5. The Morgan fingerprint density at radius 2 is 1.89 bits per heavy atom. The molecule has 2 aromatic rings. The van der Waals surface area contributed by atoms with Gasteiger partial charge in [-0.05, 0) is 31.2 Å². The summed E-state index contributed by atoms with van der Waals surface area (Å²) in [5.41, 5.74) is 0.937. The molecule has 0 radical (unpaired) electrons. The van der Waals surface area contributed by atoms with Crippen LogP contribution in [0.5, 0.6) is 0 Å². The summed E-state index contributed by atoms with van der Waals surface area (Å²) >= 11 is 12.2. The summed E-state index contributed by atoms with van der Waals surface area (Å²) in [6.07, 6.45) is 2.53. The van der Waals surface area contributed by atoms with Gasteiger partial charge >= 0.3 is 0 Å². The van der Waals surface area contributed by atoms with Gasteiger partial charge in [-0.2, -0.15) is 0 Å². The number of benzene rings is 1. The molecule has 18 heavy (non-hydrogen) atoms. The first-order chi connectivity index (χ1) is 8.66. The van der Waals surface area contributed by atoms with Gasteiger partial charge in [0.1, 0.15) is 5.76 Å². The number of nitrogens with one attached hydrogen (secondary N) is 1. The Morgan fingerprint density at radius 3 is 2.50 bits per heavy atom. The van der Waals surface area contributed by atoms with Crippen LogP contribution in [0.1, 0.15) is 18.2 Å². The van der Waals surface area contributed by atoms with Crippen LogP contribution in [0.25, 0.3) is 0 Å². The Morgan fingerprint density at radius 1 is 1.17 bits per heavy atom. The maximum atomic E-state index is 6.11. The van der Waals surface area contributed by atoms with Crippen LogP contribution in [0.4, 0.5) is 0 Å². The summed E-state index contributed by atoms with van der Waals surface area (Å²) < 4.78 is 5.31. The second kappa shape index (κ2) is 6.28. The molecule has 1 unspecified atom stereocenters. The standard InChI is InChI=1S/C14H15Cl2NO/c1-10(8-11-4-3-7-18-11)17-9-12-13(15)5-2-6-14(12)16/h2-7,10,17H,8-9H2,1H3. The van der Waals surface area contributed by atoms with Crippen molar-refractivity contribution in [2.45, 2.75) is 25.9 Å². The van der Waals surface area contributed by atoms with Crippen molar-refractivity contribution in [3.05, 3.63) is 58.0 Å². The zero-order valence-electron chi connectivity index (χ0n) is 10.1. The van der Waals surface area contributed by atoms with E-state index in [1.807, 2.05) is 30.3 Å². The lowest BCUT2D eigenvalue weighted by atomic mass is 10.1. The van der Waals surface area contributed by atoms with E-state index in [4.69, 9.17) is 27.6 Å². The van der Waals surface area contributed by atoms with Gasteiger partial charge in [0.05, 0.1) is 6.26 Å². The molecule has 0 amide bonds. The molecule has 4 heteroatoms. The van der Waals surface area contributed by atoms with Crippen LogP contribution in [0.15, 0.2) is 41.0 Å². The van der Waals surface area contributed by atoms with Crippen LogP contribution in [-0.4, -0.2) is 6.04 Å². The molecule has 1 N–H and O–H groups in total. The molecule has 0 aliphatic rings. The number of furan rings is 1. The van der Waals surface area contributed by atoms with Crippen LogP contribution in [0.2, 0.25) is 10.0 Å². The van der Waals surface area contributed by atoms with Crippen molar-refractivity contribution in [2.24, 2.45) is 0 Å². The molecule has 96 valence electrons. The van der Waals surface area contributed by atoms with Gasteiger partial charge < -0.3 is 9.73 Å². The van der Waals surface area contributed by atoms with E-state index in [1.165, 1.54) is 0 Å². The largest absolute Gasteiger partial charge is 0.469 e. The van der Waals surface area contributed by atoms with Crippen molar-refractivity contribution >= 4 is 23.2 Å². The van der Waals surface area contributed by atoms with E-state index in [0.717, 1.165) is 17.7 Å². The van der Waals surface area contributed by atoms with Crippen molar-refractivity contribution in [1.29, 1.82) is 0 Å². The summed E-state index contributed by atoms with van der Waals surface area (Å²) in [5.74, 6) is 0.972. The van der Waals surface area contributed by atoms with Gasteiger partial charge in [0, 0.05) is 34.6 Å². The minimum absolute atomic E-state index is 0.295. The molecule has 0 saturated heterocycles. The van der Waals surface area contributed by atoms with Gasteiger partial charge in [-0.3, -0.25) is 0 Å². The fraction of sp³-hybridized carbons (Fsp3) is 0.286. The Hall–Kier alpha value is -0.960. The molecule has 0 spiro atoms. The minimum Gasteiger partial charge on any atom is -0.469 e. The van der Waals surface area contributed by atoms with E-state index in [9.17, 15) is 0 Å². The highest BCUT2D eigenvalue weighted by atomic mass is 35.5. The van der Waals surface area contributed by atoms with Gasteiger partial charge in [0.25, 0.3) is 0 Å². The van der Waals surface area contributed by atoms with Crippen molar-refractivity contribution < 1.29 is 4.42 Å². The van der Waals surface area contributed by atoms with Crippen LogP contribution in [-0.2, 0) is 13.0 Å². The van der Waals surface area contributed by atoms with Crippen molar-refractivity contribution in [2.75, 3.05) is 0 Å². The maximum Gasteiger partial charge on any atom is 0.105 e. The van der Waals surface area contributed by atoms with E-state index in [-0.39, 0.29) is 0 Å². The third-order valence-electron chi connectivity index (χ3n) is 2.78. The fourth-order valence-corrected chi connectivity index (χ4v) is 2.31. The van der Waals surface area contributed by atoms with E-state index in [0.29, 0.717) is 22.6 Å². The molecule has 1 heterocycles. The number of halogens is 2. The van der Waals surface area contributed by atoms with Crippen molar-refractivity contribution in [1.82, 2.24) is 5.32 Å². The molecule has 2 rings (SSSR count).